The Bertz CT molecular complexity index is 812. The van der Waals surface area contributed by atoms with Gasteiger partial charge in [-0.15, -0.1) is 0 Å². The van der Waals surface area contributed by atoms with Crippen LogP contribution in [0.4, 0.5) is 5.69 Å². The zero-order valence-corrected chi connectivity index (χ0v) is 14.4. The Balaban J connectivity index is 2.47. The number of hydrogen-bond acceptors (Lipinski definition) is 4. The van der Waals surface area contributed by atoms with E-state index >= 15 is 0 Å². The van der Waals surface area contributed by atoms with Gasteiger partial charge in [0, 0.05) is 18.0 Å². The van der Waals surface area contributed by atoms with Crippen molar-refractivity contribution in [2.24, 2.45) is 5.73 Å². The summed E-state index contributed by atoms with van der Waals surface area (Å²) >= 11 is 14.0. The second-order valence-corrected chi connectivity index (χ2v) is 7.32. The predicted molar refractivity (Wildman–Crippen MR) is 90.1 cm³/mol. The van der Waals surface area contributed by atoms with Crippen LogP contribution in [0, 0.1) is 0 Å². The van der Waals surface area contributed by atoms with Gasteiger partial charge in [0.1, 0.15) is 9.88 Å². The zero-order valence-electron chi connectivity index (χ0n) is 10.4. The number of thiocarbonyl (C=S) groups is 1. The SMILES string of the molecule is NC(=S)c1ccc(Cl)c(S(=O)(=O)Nc2ccncc2Br)c1. The molecule has 5 nitrogen and oxygen atoms in total. The number of nitrogens with one attached hydrogen (secondary N) is 1. The van der Waals surface area contributed by atoms with E-state index in [2.05, 4.69) is 25.6 Å². The van der Waals surface area contributed by atoms with Gasteiger partial charge >= 0.3 is 0 Å². The third-order valence-corrected chi connectivity index (χ3v) is 5.24. The van der Waals surface area contributed by atoms with Crippen LogP contribution < -0.4 is 10.5 Å². The van der Waals surface area contributed by atoms with E-state index in [1.807, 2.05) is 0 Å². The highest BCUT2D eigenvalue weighted by Crippen LogP contribution is 2.27. The first-order valence-corrected chi connectivity index (χ1v) is 8.59. The molecule has 0 aliphatic rings. The number of benzene rings is 1. The van der Waals surface area contributed by atoms with E-state index < -0.39 is 10.0 Å². The largest absolute Gasteiger partial charge is 0.389 e. The van der Waals surface area contributed by atoms with Crippen LogP contribution in [0.5, 0.6) is 0 Å². The number of hydrogen-bond donors (Lipinski definition) is 2. The fourth-order valence-corrected chi connectivity index (χ4v) is 3.73. The summed E-state index contributed by atoms with van der Waals surface area (Å²) in [5.74, 6) is 0. The lowest BCUT2D eigenvalue weighted by Gasteiger charge is -2.11. The van der Waals surface area contributed by atoms with Gasteiger partial charge < -0.3 is 5.73 Å². The van der Waals surface area contributed by atoms with Crippen LogP contribution in [0.15, 0.2) is 46.0 Å². The van der Waals surface area contributed by atoms with Gasteiger partial charge in [0.25, 0.3) is 10.0 Å². The highest BCUT2D eigenvalue weighted by atomic mass is 79.9. The molecule has 0 fully saturated rings. The van der Waals surface area contributed by atoms with E-state index in [0.717, 1.165) is 0 Å². The summed E-state index contributed by atoms with van der Waals surface area (Å²) in [6, 6.07) is 5.85. The fourth-order valence-electron chi connectivity index (χ4n) is 1.52. The van der Waals surface area contributed by atoms with Crippen LogP contribution in [0.25, 0.3) is 0 Å². The predicted octanol–water partition coefficient (Wildman–Crippen LogP) is 2.93. The van der Waals surface area contributed by atoms with Gasteiger partial charge in [-0.1, -0.05) is 29.9 Å². The van der Waals surface area contributed by atoms with Crippen LogP contribution in [-0.4, -0.2) is 18.4 Å². The Kier molecular flexibility index (Phi) is 4.82. The van der Waals surface area contributed by atoms with Crippen LogP contribution in [0.3, 0.4) is 0 Å². The lowest BCUT2D eigenvalue weighted by Crippen LogP contribution is -2.16. The Hall–Kier alpha value is -1.22. The molecule has 0 spiro atoms. The Labute approximate surface area is 140 Å². The highest BCUT2D eigenvalue weighted by molar-refractivity contribution is 9.10. The topological polar surface area (TPSA) is 85.1 Å². The summed E-state index contributed by atoms with van der Waals surface area (Å²) in [6.07, 6.45) is 2.94. The van der Waals surface area contributed by atoms with Crippen LogP contribution in [-0.2, 0) is 10.0 Å². The molecular weight excluding hydrogens is 398 g/mol. The maximum Gasteiger partial charge on any atom is 0.263 e. The van der Waals surface area contributed by atoms with E-state index in [1.165, 1.54) is 30.6 Å². The molecule has 2 rings (SSSR count). The molecule has 1 heterocycles. The number of nitrogens with two attached hydrogens (primary N) is 1. The number of nitrogens with zero attached hydrogens (tertiary/aromatic N) is 1. The van der Waals surface area contributed by atoms with Crippen LogP contribution in [0.2, 0.25) is 5.02 Å². The molecule has 0 bridgehead atoms. The van der Waals surface area contributed by atoms with E-state index in [0.29, 0.717) is 15.7 Å². The van der Waals surface area contributed by atoms with E-state index in [4.69, 9.17) is 29.6 Å². The van der Waals surface area contributed by atoms with Crippen molar-refractivity contribution in [2.75, 3.05) is 4.72 Å². The summed E-state index contributed by atoms with van der Waals surface area (Å²) in [7, 11) is -3.88. The van der Waals surface area contributed by atoms with E-state index in [9.17, 15) is 8.42 Å². The highest BCUT2D eigenvalue weighted by Gasteiger charge is 2.20. The summed E-state index contributed by atoms with van der Waals surface area (Å²) in [6.45, 7) is 0. The summed E-state index contributed by atoms with van der Waals surface area (Å²) < 4.78 is 27.8. The van der Waals surface area contributed by atoms with Gasteiger partial charge in [-0.05, 0) is 34.1 Å². The van der Waals surface area contributed by atoms with Crippen molar-refractivity contribution >= 4 is 60.4 Å². The summed E-state index contributed by atoms with van der Waals surface area (Å²) in [5.41, 5.74) is 6.28. The smallest absolute Gasteiger partial charge is 0.263 e. The van der Waals surface area contributed by atoms with Crippen molar-refractivity contribution in [1.29, 1.82) is 0 Å². The lowest BCUT2D eigenvalue weighted by atomic mass is 10.2. The van der Waals surface area contributed by atoms with Gasteiger partial charge in [-0.2, -0.15) is 0 Å². The minimum atomic E-state index is -3.88. The third kappa shape index (κ3) is 3.70. The number of anilines is 1. The van der Waals surface area contributed by atoms with Crippen molar-refractivity contribution in [2.45, 2.75) is 4.90 Å². The number of rotatable bonds is 4. The molecule has 21 heavy (non-hydrogen) atoms. The second kappa shape index (κ2) is 6.27. The molecule has 0 aliphatic carbocycles. The second-order valence-electron chi connectivity index (χ2n) is 3.97. The average Bonchev–Trinajstić information content (AvgIpc) is 2.41. The normalized spacial score (nSPS) is 11.1. The van der Waals surface area contributed by atoms with Gasteiger partial charge in [0.15, 0.2) is 0 Å². The molecule has 1 aromatic heterocycles. The number of pyridine rings is 1. The molecule has 0 saturated carbocycles. The van der Waals surface area contributed by atoms with Crippen LogP contribution in [0.1, 0.15) is 5.56 Å². The minimum absolute atomic E-state index is 0.0766. The minimum Gasteiger partial charge on any atom is -0.389 e. The van der Waals surface area contributed by atoms with Crippen molar-refractivity contribution in [1.82, 2.24) is 4.98 Å². The van der Waals surface area contributed by atoms with Gasteiger partial charge in [-0.3, -0.25) is 9.71 Å². The first kappa shape index (κ1) is 16.2. The standard InChI is InChI=1S/C12H9BrClN3O2S2/c13-8-6-16-4-3-10(8)17-21(18,19)11-5-7(12(15)20)1-2-9(11)14/h1-6H,(H2,15,20)(H,16,17). The maximum absolute atomic E-state index is 12.4. The fraction of sp³-hybridized carbons (Fsp3) is 0. The molecule has 9 heteroatoms. The van der Waals surface area contributed by atoms with E-state index in [-0.39, 0.29) is 14.9 Å². The Morgan fingerprint density at radius 1 is 1.38 bits per heavy atom. The van der Waals surface area contributed by atoms with Crippen molar-refractivity contribution in [3.63, 3.8) is 0 Å². The van der Waals surface area contributed by atoms with Crippen molar-refractivity contribution < 1.29 is 8.42 Å². The molecule has 1 aromatic carbocycles. The maximum atomic E-state index is 12.4. The molecule has 0 amide bonds. The van der Waals surface area contributed by atoms with Gasteiger partial charge in [0.2, 0.25) is 0 Å². The molecular formula is C12H9BrClN3O2S2. The zero-order chi connectivity index (χ0) is 15.6. The number of sulfonamides is 1. The van der Waals surface area contributed by atoms with Crippen molar-refractivity contribution in [3.8, 4) is 0 Å². The number of aromatic nitrogens is 1. The van der Waals surface area contributed by atoms with E-state index in [1.54, 1.807) is 6.07 Å². The molecule has 2 aromatic rings. The Morgan fingerprint density at radius 3 is 2.71 bits per heavy atom. The molecule has 0 aliphatic heterocycles. The third-order valence-electron chi connectivity index (χ3n) is 2.52. The summed E-state index contributed by atoms with van der Waals surface area (Å²) in [4.78, 5) is 3.85. The number of halogens is 2. The molecule has 0 saturated heterocycles. The molecule has 0 unspecified atom stereocenters. The quantitative estimate of drug-likeness (QED) is 0.763. The molecule has 0 atom stereocenters. The monoisotopic (exact) mass is 405 g/mol. The molecule has 110 valence electrons. The molecule has 0 radical (unpaired) electrons. The average molecular weight is 407 g/mol. The first-order valence-electron chi connectivity index (χ1n) is 5.53. The Morgan fingerprint density at radius 2 is 2.10 bits per heavy atom. The van der Waals surface area contributed by atoms with Crippen LogP contribution >= 0.6 is 39.7 Å². The lowest BCUT2D eigenvalue weighted by molar-refractivity contribution is 0.601. The van der Waals surface area contributed by atoms with Gasteiger partial charge in [-0.25, -0.2) is 8.42 Å². The molecule has 3 N–H and O–H groups in total. The van der Waals surface area contributed by atoms with Gasteiger partial charge in [0.05, 0.1) is 15.2 Å². The summed E-state index contributed by atoms with van der Waals surface area (Å²) in [5, 5.41) is 0.0766. The first-order chi connectivity index (χ1) is 9.81. The van der Waals surface area contributed by atoms with Crippen molar-refractivity contribution in [3.05, 3.63) is 51.7 Å².